The zero-order valence-corrected chi connectivity index (χ0v) is 18.5. The molecule has 3 aromatic rings. The number of nitrogens with zero attached hydrogens (tertiary/aromatic N) is 3. The van der Waals surface area contributed by atoms with Crippen LogP contribution in [0.25, 0.3) is 0 Å². The Morgan fingerprint density at radius 2 is 2.03 bits per heavy atom. The van der Waals surface area contributed by atoms with Crippen molar-refractivity contribution in [1.29, 1.82) is 0 Å². The quantitative estimate of drug-likeness (QED) is 0.511. The van der Waals surface area contributed by atoms with Crippen molar-refractivity contribution in [2.45, 2.75) is 31.2 Å². The summed E-state index contributed by atoms with van der Waals surface area (Å²) in [7, 11) is 0. The van der Waals surface area contributed by atoms with E-state index in [0.29, 0.717) is 0 Å². The molecular weight excluding hydrogens is 470 g/mol. The lowest BCUT2D eigenvalue weighted by Crippen LogP contribution is -2.52. The smallest absolute Gasteiger partial charge is 0.257 e. The third-order valence-electron chi connectivity index (χ3n) is 5.78. The molecule has 2 unspecified atom stereocenters. The maximum atomic E-state index is 14.6. The minimum Gasteiger partial charge on any atom is -0.437 e. The van der Waals surface area contributed by atoms with Gasteiger partial charge in [0.2, 0.25) is 17.3 Å². The molecule has 35 heavy (non-hydrogen) atoms. The predicted octanol–water partition coefficient (Wildman–Crippen LogP) is 3.69. The van der Waals surface area contributed by atoms with Gasteiger partial charge in [0.05, 0.1) is 24.4 Å². The van der Waals surface area contributed by atoms with Gasteiger partial charge in [-0.15, -0.1) is 0 Å². The van der Waals surface area contributed by atoms with Crippen molar-refractivity contribution >= 4 is 11.7 Å². The van der Waals surface area contributed by atoms with Crippen molar-refractivity contribution in [1.82, 2.24) is 19.9 Å². The van der Waals surface area contributed by atoms with Gasteiger partial charge in [0, 0.05) is 43.9 Å². The number of rotatable bonds is 6. The van der Waals surface area contributed by atoms with E-state index in [0.717, 1.165) is 24.5 Å². The number of carbonyl (C=O) groups is 1. The van der Waals surface area contributed by atoms with E-state index in [-0.39, 0.29) is 36.1 Å². The molecule has 0 aromatic carbocycles. The standard InChI is InChI=1S/C23H21F4N5O3/c1-13(32-7-6-23(26,27)17(12-32)14-2-4-19(33)28-9-14)22(34)31-21-18(25)8-16(11-30-21)35-20-5-3-15(24)10-29-20/h2-5,8-11,13,17H,6-7,12H2,1H3,(H,28,33)(H,30,31,34). The highest BCUT2D eigenvalue weighted by Crippen LogP contribution is 2.40. The molecule has 0 bridgehead atoms. The number of ether oxygens (including phenoxy) is 1. The number of nitrogens with one attached hydrogen (secondary N) is 2. The Morgan fingerprint density at radius 1 is 1.23 bits per heavy atom. The summed E-state index contributed by atoms with van der Waals surface area (Å²) in [6.45, 7) is 1.34. The first kappa shape index (κ1) is 24.3. The van der Waals surface area contributed by atoms with Gasteiger partial charge in [-0.25, -0.2) is 27.5 Å². The van der Waals surface area contributed by atoms with Crippen molar-refractivity contribution in [3.63, 3.8) is 0 Å². The number of piperidine rings is 1. The largest absolute Gasteiger partial charge is 0.437 e. The van der Waals surface area contributed by atoms with Crippen LogP contribution in [0, 0.1) is 11.6 Å². The first-order valence-corrected chi connectivity index (χ1v) is 10.7. The number of likely N-dealkylation sites (tertiary alicyclic amines) is 1. The number of H-pyrrole nitrogens is 1. The summed E-state index contributed by atoms with van der Waals surface area (Å²) < 4.78 is 62.0. The van der Waals surface area contributed by atoms with Crippen LogP contribution in [0.2, 0.25) is 0 Å². The van der Waals surface area contributed by atoms with Gasteiger partial charge in [-0.3, -0.25) is 14.5 Å². The van der Waals surface area contributed by atoms with E-state index in [2.05, 4.69) is 20.3 Å². The van der Waals surface area contributed by atoms with Crippen LogP contribution in [0.3, 0.4) is 0 Å². The van der Waals surface area contributed by atoms with Gasteiger partial charge in [0.25, 0.3) is 5.92 Å². The van der Waals surface area contributed by atoms with Crippen LogP contribution in [0.4, 0.5) is 23.4 Å². The number of amides is 1. The average molecular weight is 491 g/mol. The van der Waals surface area contributed by atoms with Crippen LogP contribution >= 0.6 is 0 Å². The summed E-state index contributed by atoms with van der Waals surface area (Å²) in [4.78, 5) is 35.5. The molecule has 1 aliphatic heterocycles. The molecule has 3 aromatic heterocycles. The maximum Gasteiger partial charge on any atom is 0.257 e. The third-order valence-corrected chi connectivity index (χ3v) is 5.78. The highest BCUT2D eigenvalue weighted by atomic mass is 19.3. The fourth-order valence-corrected chi connectivity index (χ4v) is 3.77. The normalized spacial score (nSPS) is 18.6. The van der Waals surface area contributed by atoms with E-state index in [1.165, 1.54) is 31.3 Å². The zero-order valence-electron chi connectivity index (χ0n) is 18.5. The lowest BCUT2D eigenvalue weighted by atomic mass is 9.87. The van der Waals surface area contributed by atoms with Crippen LogP contribution < -0.4 is 15.6 Å². The third kappa shape index (κ3) is 5.65. The number of pyridine rings is 3. The van der Waals surface area contributed by atoms with Crippen LogP contribution in [-0.4, -0.2) is 50.8 Å². The summed E-state index contributed by atoms with van der Waals surface area (Å²) in [6.07, 6.45) is 2.86. The Balaban J connectivity index is 1.42. The molecule has 4 rings (SSSR count). The number of alkyl halides is 2. The molecule has 2 N–H and O–H groups in total. The Labute approximate surface area is 197 Å². The van der Waals surface area contributed by atoms with E-state index < -0.39 is 47.4 Å². The number of aromatic nitrogens is 3. The highest BCUT2D eigenvalue weighted by molar-refractivity contribution is 5.93. The second-order valence-electron chi connectivity index (χ2n) is 8.13. The van der Waals surface area contributed by atoms with Gasteiger partial charge < -0.3 is 15.0 Å². The lowest BCUT2D eigenvalue weighted by molar-refractivity contribution is -0.125. The van der Waals surface area contributed by atoms with E-state index in [9.17, 15) is 27.2 Å². The van der Waals surface area contributed by atoms with Crippen molar-refractivity contribution in [3.8, 4) is 11.6 Å². The Kier molecular flexibility index (Phi) is 6.83. The number of aromatic amines is 1. The van der Waals surface area contributed by atoms with Gasteiger partial charge in [-0.2, -0.15) is 0 Å². The molecule has 1 fully saturated rings. The summed E-state index contributed by atoms with van der Waals surface area (Å²) in [5, 5.41) is 2.37. The monoisotopic (exact) mass is 491 g/mol. The van der Waals surface area contributed by atoms with E-state index in [1.54, 1.807) is 4.90 Å². The topological polar surface area (TPSA) is 100 Å². The van der Waals surface area contributed by atoms with Crippen LogP contribution in [0.1, 0.15) is 24.8 Å². The molecule has 0 radical (unpaired) electrons. The summed E-state index contributed by atoms with van der Waals surface area (Å²) in [6, 6.07) is 5.01. The number of halogens is 4. The summed E-state index contributed by atoms with van der Waals surface area (Å²) in [5.41, 5.74) is -0.150. The minimum atomic E-state index is -3.02. The first-order chi connectivity index (χ1) is 16.6. The molecule has 8 nitrogen and oxygen atoms in total. The first-order valence-electron chi connectivity index (χ1n) is 10.7. The maximum absolute atomic E-state index is 14.6. The zero-order chi connectivity index (χ0) is 25.2. The van der Waals surface area contributed by atoms with Gasteiger partial charge in [-0.1, -0.05) is 6.07 Å². The molecule has 4 heterocycles. The van der Waals surface area contributed by atoms with Gasteiger partial charge in [0.1, 0.15) is 5.82 Å². The molecule has 0 aliphatic carbocycles. The molecule has 184 valence electrons. The van der Waals surface area contributed by atoms with E-state index >= 15 is 0 Å². The second-order valence-corrected chi connectivity index (χ2v) is 8.13. The minimum absolute atomic E-state index is 0.0188. The van der Waals surface area contributed by atoms with Crippen molar-refractivity contribution in [2.24, 2.45) is 0 Å². The van der Waals surface area contributed by atoms with Crippen molar-refractivity contribution in [3.05, 3.63) is 76.5 Å². The number of hydrogen-bond donors (Lipinski definition) is 2. The van der Waals surface area contributed by atoms with Crippen LogP contribution in [0.5, 0.6) is 11.6 Å². The molecular formula is C23H21F4N5O3. The highest BCUT2D eigenvalue weighted by Gasteiger charge is 2.46. The van der Waals surface area contributed by atoms with Crippen LogP contribution in [0.15, 0.2) is 53.7 Å². The molecule has 1 saturated heterocycles. The predicted molar refractivity (Wildman–Crippen MR) is 117 cm³/mol. The van der Waals surface area contributed by atoms with Crippen molar-refractivity contribution in [2.75, 3.05) is 18.4 Å². The van der Waals surface area contributed by atoms with Gasteiger partial charge in [-0.05, 0) is 18.6 Å². The van der Waals surface area contributed by atoms with E-state index in [4.69, 9.17) is 4.74 Å². The van der Waals surface area contributed by atoms with E-state index in [1.807, 2.05) is 0 Å². The molecule has 0 spiro atoms. The molecule has 2 atom stereocenters. The molecule has 1 aliphatic rings. The second kappa shape index (κ2) is 9.82. The fourth-order valence-electron chi connectivity index (χ4n) is 3.77. The summed E-state index contributed by atoms with van der Waals surface area (Å²) >= 11 is 0. The number of carbonyl (C=O) groups excluding carboxylic acids is 1. The average Bonchev–Trinajstić information content (AvgIpc) is 2.82. The molecule has 1 amide bonds. The Bertz CT molecular complexity index is 1250. The Hall–Kier alpha value is -3.80. The number of anilines is 1. The SMILES string of the molecule is CC(C(=O)Nc1ncc(Oc2ccc(F)cn2)cc1F)N1CCC(F)(F)C(c2ccc(=O)[nH]c2)C1. The van der Waals surface area contributed by atoms with Gasteiger partial charge >= 0.3 is 0 Å². The summed E-state index contributed by atoms with van der Waals surface area (Å²) in [5.74, 6) is -6.68. The number of hydrogen-bond acceptors (Lipinski definition) is 6. The Morgan fingerprint density at radius 3 is 2.69 bits per heavy atom. The lowest BCUT2D eigenvalue weighted by Gasteiger charge is -2.40. The fraction of sp³-hybridized carbons (Fsp3) is 0.304. The molecule has 12 heteroatoms. The van der Waals surface area contributed by atoms with Gasteiger partial charge in [0.15, 0.2) is 17.4 Å². The molecule has 0 saturated carbocycles. The van der Waals surface area contributed by atoms with Crippen molar-refractivity contribution < 1.29 is 27.1 Å². The van der Waals surface area contributed by atoms with Crippen LogP contribution in [-0.2, 0) is 4.79 Å².